The van der Waals surface area contributed by atoms with Gasteiger partial charge in [-0.25, -0.2) is 0 Å². The lowest BCUT2D eigenvalue weighted by molar-refractivity contribution is -0.115. The number of carbonyl (C=O) groups is 1. The predicted molar refractivity (Wildman–Crippen MR) is 94.8 cm³/mol. The van der Waals surface area contributed by atoms with Gasteiger partial charge < -0.3 is 8.83 Å². The first-order chi connectivity index (χ1) is 11.6. The highest BCUT2D eigenvalue weighted by molar-refractivity contribution is 9.10. The van der Waals surface area contributed by atoms with Gasteiger partial charge in [0.05, 0.1) is 0 Å². The summed E-state index contributed by atoms with van der Waals surface area (Å²) < 4.78 is 11.2. The molecule has 0 saturated carbocycles. The molecular formula is C16H14BrN3O3S. The van der Waals surface area contributed by atoms with Crippen molar-refractivity contribution in [3.05, 3.63) is 46.6 Å². The second-order valence-electron chi connectivity index (χ2n) is 4.98. The van der Waals surface area contributed by atoms with E-state index in [1.807, 2.05) is 19.1 Å². The maximum Gasteiger partial charge on any atom is 0.322 e. The van der Waals surface area contributed by atoms with Crippen molar-refractivity contribution in [3.8, 4) is 11.7 Å². The molecule has 0 saturated heterocycles. The van der Waals surface area contributed by atoms with E-state index >= 15 is 0 Å². The summed E-state index contributed by atoms with van der Waals surface area (Å²) in [4.78, 5) is 13.1. The smallest absolute Gasteiger partial charge is 0.322 e. The van der Waals surface area contributed by atoms with Gasteiger partial charge in [-0.05, 0) is 47.1 Å². The number of hydrogen-bond donors (Lipinski definition) is 1. The van der Waals surface area contributed by atoms with Crippen molar-refractivity contribution in [1.29, 1.82) is 0 Å². The van der Waals surface area contributed by atoms with Crippen LogP contribution in [0.4, 0.5) is 6.01 Å². The molecule has 0 fully saturated rings. The number of furan rings is 1. The van der Waals surface area contributed by atoms with Crippen LogP contribution in [-0.2, 0) is 4.79 Å². The average Bonchev–Trinajstić information content (AvgIpc) is 3.18. The molecule has 0 bridgehead atoms. The topological polar surface area (TPSA) is 81.2 Å². The maximum absolute atomic E-state index is 11.9. The number of amides is 1. The number of hydrogen-bond acceptors (Lipinski definition) is 6. The molecule has 0 aliphatic heterocycles. The molecule has 0 atom stereocenters. The van der Waals surface area contributed by atoms with Gasteiger partial charge in [0.1, 0.15) is 0 Å². The van der Waals surface area contributed by atoms with Crippen molar-refractivity contribution in [1.82, 2.24) is 10.2 Å². The molecule has 0 aliphatic rings. The van der Waals surface area contributed by atoms with E-state index in [1.54, 1.807) is 23.9 Å². The van der Waals surface area contributed by atoms with E-state index in [0.29, 0.717) is 22.6 Å². The van der Waals surface area contributed by atoms with Gasteiger partial charge in [0, 0.05) is 17.1 Å². The van der Waals surface area contributed by atoms with Crippen molar-refractivity contribution in [2.24, 2.45) is 0 Å². The standard InChI is InChI=1S/C16H14BrN3O3S/c1-10-2-4-11(5-3-10)24-9-8-14(21)18-16-20-19-15(23-16)12-6-7-13(17)22-12/h2-7H,8-9H2,1H3,(H,18,20,21). The minimum absolute atomic E-state index is 0.0582. The molecular weight excluding hydrogens is 394 g/mol. The highest BCUT2D eigenvalue weighted by atomic mass is 79.9. The van der Waals surface area contributed by atoms with Crippen LogP contribution in [0.1, 0.15) is 12.0 Å². The van der Waals surface area contributed by atoms with Gasteiger partial charge in [-0.1, -0.05) is 22.8 Å². The normalized spacial score (nSPS) is 10.8. The highest BCUT2D eigenvalue weighted by Gasteiger charge is 2.14. The van der Waals surface area contributed by atoms with E-state index in [1.165, 1.54) is 5.56 Å². The fraction of sp³-hybridized carbons (Fsp3) is 0.188. The molecule has 0 radical (unpaired) electrons. The van der Waals surface area contributed by atoms with Gasteiger partial charge in [0.15, 0.2) is 10.4 Å². The number of nitrogens with zero attached hydrogens (tertiary/aromatic N) is 2. The fourth-order valence-corrected chi connectivity index (χ4v) is 3.04. The van der Waals surface area contributed by atoms with Gasteiger partial charge in [0.25, 0.3) is 5.89 Å². The van der Waals surface area contributed by atoms with Gasteiger partial charge >= 0.3 is 6.01 Å². The molecule has 1 N–H and O–H groups in total. The third-order valence-electron chi connectivity index (χ3n) is 3.07. The Kier molecular flexibility index (Phi) is 5.37. The van der Waals surface area contributed by atoms with E-state index in [4.69, 9.17) is 8.83 Å². The van der Waals surface area contributed by atoms with E-state index in [0.717, 1.165) is 4.90 Å². The van der Waals surface area contributed by atoms with Crippen LogP contribution in [-0.4, -0.2) is 21.9 Å². The van der Waals surface area contributed by atoms with Crippen molar-refractivity contribution in [3.63, 3.8) is 0 Å². The average molecular weight is 408 g/mol. The number of aromatic nitrogens is 2. The lowest BCUT2D eigenvalue weighted by atomic mass is 10.2. The largest absolute Gasteiger partial charge is 0.444 e. The monoisotopic (exact) mass is 407 g/mol. The summed E-state index contributed by atoms with van der Waals surface area (Å²) in [6, 6.07) is 11.7. The van der Waals surface area contributed by atoms with Gasteiger partial charge in [-0.15, -0.1) is 16.9 Å². The van der Waals surface area contributed by atoms with Crippen LogP contribution in [0.5, 0.6) is 0 Å². The molecule has 0 spiro atoms. The lowest BCUT2D eigenvalue weighted by Gasteiger charge is -2.02. The van der Waals surface area contributed by atoms with Crippen molar-refractivity contribution >= 4 is 39.6 Å². The minimum Gasteiger partial charge on any atom is -0.444 e. The molecule has 2 heterocycles. The van der Waals surface area contributed by atoms with Crippen LogP contribution in [0.3, 0.4) is 0 Å². The fourth-order valence-electron chi connectivity index (χ4n) is 1.88. The summed E-state index contributed by atoms with van der Waals surface area (Å²) in [5.74, 6) is 1.14. The molecule has 6 nitrogen and oxygen atoms in total. The second kappa shape index (κ2) is 7.67. The van der Waals surface area contributed by atoms with Crippen LogP contribution < -0.4 is 5.32 Å². The molecule has 3 aromatic rings. The number of nitrogens with one attached hydrogen (secondary N) is 1. The Bertz CT molecular complexity index is 829. The molecule has 0 unspecified atom stereocenters. The lowest BCUT2D eigenvalue weighted by Crippen LogP contribution is -2.12. The zero-order chi connectivity index (χ0) is 16.9. The number of thioether (sulfide) groups is 1. The first-order valence-corrected chi connectivity index (χ1v) is 8.96. The third-order valence-corrected chi connectivity index (χ3v) is 4.51. The zero-order valence-corrected chi connectivity index (χ0v) is 15.2. The molecule has 0 aliphatic carbocycles. The molecule has 2 aromatic heterocycles. The Morgan fingerprint density at radius 1 is 1.17 bits per heavy atom. The number of anilines is 1. The van der Waals surface area contributed by atoms with Gasteiger partial charge in [0.2, 0.25) is 5.91 Å². The Morgan fingerprint density at radius 3 is 2.67 bits per heavy atom. The van der Waals surface area contributed by atoms with Crippen molar-refractivity contribution in [2.45, 2.75) is 18.2 Å². The molecule has 24 heavy (non-hydrogen) atoms. The van der Waals surface area contributed by atoms with Crippen LogP contribution in [0, 0.1) is 6.92 Å². The predicted octanol–water partition coefficient (Wildman–Crippen LogP) is 4.52. The number of benzene rings is 1. The van der Waals surface area contributed by atoms with E-state index in [-0.39, 0.29) is 17.8 Å². The van der Waals surface area contributed by atoms with Gasteiger partial charge in [-0.3, -0.25) is 10.1 Å². The molecule has 124 valence electrons. The molecule has 1 aromatic carbocycles. The van der Waals surface area contributed by atoms with Gasteiger partial charge in [-0.2, -0.15) is 0 Å². The second-order valence-corrected chi connectivity index (χ2v) is 6.93. The van der Waals surface area contributed by atoms with Crippen LogP contribution in [0.15, 0.2) is 54.8 Å². The number of aryl methyl sites for hydroxylation is 1. The molecule has 3 rings (SSSR count). The summed E-state index contributed by atoms with van der Waals surface area (Å²) in [5.41, 5.74) is 1.22. The van der Waals surface area contributed by atoms with Crippen LogP contribution in [0.2, 0.25) is 0 Å². The number of halogens is 1. The van der Waals surface area contributed by atoms with E-state index < -0.39 is 0 Å². The highest BCUT2D eigenvalue weighted by Crippen LogP contribution is 2.25. The molecule has 8 heteroatoms. The Balaban J connectivity index is 1.48. The summed E-state index contributed by atoms with van der Waals surface area (Å²) in [6.45, 7) is 2.04. The van der Waals surface area contributed by atoms with Crippen LogP contribution in [0.25, 0.3) is 11.7 Å². The summed E-state index contributed by atoms with van der Waals surface area (Å²) >= 11 is 4.82. The quantitative estimate of drug-likeness (QED) is 0.604. The van der Waals surface area contributed by atoms with E-state index in [2.05, 4.69) is 43.6 Å². The summed E-state index contributed by atoms with van der Waals surface area (Å²) in [5, 5.41) is 10.2. The first-order valence-electron chi connectivity index (χ1n) is 7.19. The Labute approximate surface area is 151 Å². The Morgan fingerprint density at radius 2 is 1.96 bits per heavy atom. The van der Waals surface area contributed by atoms with Crippen molar-refractivity contribution < 1.29 is 13.6 Å². The number of carbonyl (C=O) groups excluding carboxylic acids is 1. The van der Waals surface area contributed by atoms with Crippen LogP contribution >= 0.6 is 27.7 Å². The first kappa shape index (κ1) is 16.8. The maximum atomic E-state index is 11.9. The zero-order valence-electron chi connectivity index (χ0n) is 12.8. The van der Waals surface area contributed by atoms with E-state index in [9.17, 15) is 4.79 Å². The van der Waals surface area contributed by atoms with Crippen molar-refractivity contribution in [2.75, 3.05) is 11.1 Å². The molecule has 1 amide bonds. The summed E-state index contributed by atoms with van der Waals surface area (Å²) in [6.07, 6.45) is 0.350. The SMILES string of the molecule is Cc1ccc(SCCC(=O)Nc2nnc(-c3ccc(Br)o3)o2)cc1. The number of rotatable bonds is 6. The minimum atomic E-state index is -0.176. The summed E-state index contributed by atoms with van der Waals surface area (Å²) in [7, 11) is 0. The third kappa shape index (κ3) is 4.48. The Hall–Kier alpha value is -2.06.